The molecule has 0 aliphatic rings. The molecule has 0 unspecified atom stereocenters. The van der Waals surface area contributed by atoms with Crippen LogP contribution in [-0.2, 0) is 4.74 Å². The number of esters is 1. The van der Waals surface area contributed by atoms with Crippen LogP contribution in [0.5, 0.6) is 5.75 Å². The summed E-state index contributed by atoms with van der Waals surface area (Å²) < 4.78 is 5.06. The lowest BCUT2D eigenvalue weighted by molar-refractivity contribution is 0.0496. The van der Waals surface area contributed by atoms with Gasteiger partial charge in [-0.3, -0.25) is 0 Å². The fraction of sp³-hybridized carbons (Fsp3) is 0.250. The molecule has 0 aliphatic carbocycles. The van der Waals surface area contributed by atoms with Crippen LogP contribution in [0.2, 0.25) is 5.02 Å². The molecule has 0 aliphatic heterocycles. The fourth-order valence-electron chi connectivity index (χ4n) is 2.03. The normalized spacial score (nSPS) is 10.6. The molecule has 2 rings (SSSR count). The Hall–Kier alpha value is -2.27. The van der Waals surface area contributed by atoms with Gasteiger partial charge in [-0.05, 0) is 30.0 Å². The first-order valence-electron chi connectivity index (χ1n) is 6.81. The van der Waals surface area contributed by atoms with Crippen LogP contribution in [0.3, 0.4) is 0 Å². The van der Waals surface area contributed by atoms with E-state index < -0.39 is 11.9 Å². The van der Waals surface area contributed by atoms with Gasteiger partial charge in [-0.2, -0.15) is 0 Å². The number of hydrogen-bond donors (Lipinski definition) is 2. The van der Waals surface area contributed by atoms with Gasteiger partial charge in [0.25, 0.3) is 0 Å². The van der Waals surface area contributed by atoms with Crippen molar-refractivity contribution in [2.75, 3.05) is 6.61 Å². The van der Waals surface area contributed by atoms with Crippen molar-refractivity contribution in [2.24, 2.45) is 0 Å². The summed E-state index contributed by atoms with van der Waals surface area (Å²) in [5.41, 5.74) is -0.00398. The molecule has 5 nitrogen and oxygen atoms in total. The van der Waals surface area contributed by atoms with Crippen molar-refractivity contribution in [3.05, 3.63) is 40.4 Å². The number of carboxylic acids is 1. The van der Waals surface area contributed by atoms with E-state index in [2.05, 4.69) is 0 Å². The minimum atomic E-state index is -1.09. The quantitative estimate of drug-likeness (QED) is 0.645. The number of halogens is 1. The highest BCUT2D eigenvalue weighted by molar-refractivity contribution is 6.37. The largest absolute Gasteiger partial charge is 0.505 e. The van der Waals surface area contributed by atoms with Crippen LogP contribution in [0.15, 0.2) is 24.3 Å². The summed E-state index contributed by atoms with van der Waals surface area (Å²) in [7, 11) is 0. The Bertz CT molecular complexity index is 739. The topological polar surface area (TPSA) is 83.8 Å². The second kappa shape index (κ2) is 6.66. The molecule has 0 spiro atoms. The van der Waals surface area contributed by atoms with Gasteiger partial charge in [0, 0.05) is 5.39 Å². The summed E-state index contributed by atoms with van der Waals surface area (Å²) in [6, 6.07) is 5.66. The number of aromatic carboxylic acids is 1. The molecule has 0 saturated heterocycles. The highest BCUT2D eigenvalue weighted by atomic mass is 35.5. The molecule has 2 N–H and O–H groups in total. The third kappa shape index (κ3) is 3.14. The zero-order valence-electron chi connectivity index (χ0n) is 11.9. The van der Waals surface area contributed by atoms with Crippen LogP contribution >= 0.6 is 11.6 Å². The Morgan fingerprint density at radius 1 is 1.27 bits per heavy atom. The number of benzene rings is 2. The highest BCUT2D eigenvalue weighted by Crippen LogP contribution is 2.36. The first-order chi connectivity index (χ1) is 10.5. The predicted octanol–water partition coefficient (Wildman–Crippen LogP) is 3.85. The number of ether oxygens (including phenoxy) is 1. The Kier molecular flexibility index (Phi) is 4.88. The summed E-state index contributed by atoms with van der Waals surface area (Å²) in [4.78, 5) is 23.0. The molecule has 0 heterocycles. The number of carboxylic acid groups (broad SMARTS) is 1. The number of phenols is 1. The van der Waals surface area contributed by atoms with Crippen molar-refractivity contribution < 1.29 is 24.5 Å². The van der Waals surface area contributed by atoms with Crippen molar-refractivity contribution in [3.63, 3.8) is 0 Å². The maximum Gasteiger partial charge on any atom is 0.341 e. The third-order valence-electron chi connectivity index (χ3n) is 3.25. The van der Waals surface area contributed by atoms with Crippen LogP contribution in [0.4, 0.5) is 0 Å². The van der Waals surface area contributed by atoms with E-state index in [1.165, 1.54) is 24.3 Å². The second-order valence-electron chi connectivity index (χ2n) is 4.82. The Balaban J connectivity index is 2.48. The molecule has 0 aromatic heterocycles. The molecule has 0 atom stereocenters. The lowest BCUT2D eigenvalue weighted by Crippen LogP contribution is -2.07. The molecule has 2 aromatic carbocycles. The van der Waals surface area contributed by atoms with Gasteiger partial charge in [-0.1, -0.05) is 31.0 Å². The van der Waals surface area contributed by atoms with Gasteiger partial charge in [-0.15, -0.1) is 0 Å². The molecule has 116 valence electrons. The van der Waals surface area contributed by atoms with Gasteiger partial charge in [0.2, 0.25) is 0 Å². The number of carbonyl (C=O) groups excluding carboxylic acids is 1. The summed E-state index contributed by atoms with van der Waals surface area (Å²) in [6.07, 6.45) is 1.59. The van der Waals surface area contributed by atoms with E-state index in [0.29, 0.717) is 10.8 Å². The molecule has 0 radical (unpaired) electrons. The number of rotatable bonds is 5. The SMILES string of the molecule is CCCCOC(=O)c1cc2cc(C(=O)O)ccc2c(Cl)c1O. The molecule has 2 aromatic rings. The van der Waals surface area contributed by atoms with E-state index in [-0.39, 0.29) is 28.5 Å². The van der Waals surface area contributed by atoms with Gasteiger partial charge in [-0.25, -0.2) is 9.59 Å². The minimum absolute atomic E-state index is 0.00289. The number of aromatic hydroxyl groups is 1. The predicted molar refractivity (Wildman–Crippen MR) is 82.8 cm³/mol. The Morgan fingerprint density at radius 2 is 2.00 bits per heavy atom. The maximum absolute atomic E-state index is 12.0. The highest BCUT2D eigenvalue weighted by Gasteiger charge is 2.19. The molecule has 0 amide bonds. The molecule has 0 bridgehead atoms. The first kappa shape index (κ1) is 16.1. The smallest absolute Gasteiger partial charge is 0.341 e. The molecule has 0 saturated carbocycles. The van der Waals surface area contributed by atoms with Crippen molar-refractivity contribution >= 4 is 34.3 Å². The van der Waals surface area contributed by atoms with Gasteiger partial charge in [0.1, 0.15) is 11.3 Å². The average molecular weight is 323 g/mol. The van der Waals surface area contributed by atoms with Gasteiger partial charge in [0.05, 0.1) is 17.2 Å². The number of carbonyl (C=O) groups is 2. The maximum atomic E-state index is 12.0. The van der Waals surface area contributed by atoms with E-state index >= 15 is 0 Å². The standard InChI is InChI=1S/C16H15ClO5/c1-2-3-6-22-16(21)12-8-10-7-9(15(19)20)4-5-11(10)13(17)14(12)18/h4-5,7-8,18H,2-3,6H2,1H3,(H,19,20). The van der Waals surface area contributed by atoms with Crippen LogP contribution < -0.4 is 0 Å². The molecule has 0 fully saturated rings. The Morgan fingerprint density at radius 3 is 2.64 bits per heavy atom. The van der Waals surface area contributed by atoms with Crippen LogP contribution in [0, 0.1) is 0 Å². The fourth-order valence-corrected chi connectivity index (χ4v) is 2.30. The summed E-state index contributed by atoms with van der Waals surface area (Å²) >= 11 is 6.06. The molecule has 6 heteroatoms. The lowest BCUT2D eigenvalue weighted by Gasteiger charge is -2.10. The molecular weight excluding hydrogens is 308 g/mol. The molecule has 22 heavy (non-hydrogen) atoms. The van der Waals surface area contributed by atoms with Gasteiger partial charge in [0.15, 0.2) is 0 Å². The number of phenolic OH excluding ortho intramolecular Hbond substituents is 1. The zero-order chi connectivity index (χ0) is 16.3. The van der Waals surface area contributed by atoms with E-state index in [1.54, 1.807) is 0 Å². The third-order valence-corrected chi connectivity index (χ3v) is 3.63. The van der Waals surface area contributed by atoms with Crippen LogP contribution in [0.1, 0.15) is 40.5 Å². The first-order valence-corrected chi connectivity index (χ1v) is 7.19. The number of unbranched alkanes of at least 4 members (excludes halogenated alkanes) is 1. The van der Waals surface area contributed by atoms with Crippen LogP contribution in [0.25, 0.3) is 10.8 Å². The van der Waals surface area contributed by atoms with Crippen molar-refractivity contribution in [1.82, 2.24) is 0 Å². The Labute approximate surface area is 132 Å². The van der Waals surface area contributed by atoms with Crippen molar-refractivity contribution in [1.29, 1.82) is 0 Å². The zero-order valence-corrected chi connectivity index (χ0v) is 12.7. The molecular formula is C16H15ClO5. The van der Waals surface area contributed by atoms with E-state index in [4.69, 9.17) is 21.4 Å². The van der Waals surface area contributed by atoms with Crippen molar-refractivity contribution in [3.8, 4) is 5.75 Å². The van der Waals surface area contributed by atoms with E-state index in [9.17, 15) is 14.7 Å². The van der Waals surface area contributed by atoms with Crippen LogP contribution in [-0.4, -0.2) is 28.8 Å². The van der Waals surface area contributed by atoms with Gasteiger partial charge >= 0.3 is 11.9 Å². The second-order valence-corrected chi connectivity index (χ2v) is 5.20. The summed E-state index contributed by atoms with van der Waals surface area (Å²) in [5.74, 6) is -2.13. The van der Waals surface area contributed by atoms with Crippen molar-refractivity contribution in [2.45, 2.75) is 19.8 Å². The monoisotopic (exact) mass is 322 g/mol. The number of fused-ring (bicyclic) bond motifs is 1. The minimum Gasteiger partial charge on any atom is -0.505 e. The number of hydrogen-bond acceptors (Lipinski definition) is 4. The van der Waals surface area contributed by atoms with E-state index in [1.807, 2.05) is 6.92 Å². The van der Waals surface area contributed by atoms with E-state index in [0.717, 1.165) is 12.8 Å². The summed E-state index contributed by atoms with van der Waals surface area (Å²) in [6.45, 7) is 2.21. The van der Waals surface area contributed by atoms with Gasteiger partial charge < -0.3 is 14.9 Å². The lowest BCUT2D eigenvalue weighted by atomic mass is 10.0. The average Bonchev–Trinajstić information content (AvgIpc) is 2.50. The summed E-state index contributed by atoms with van der Waals surface area (Å²) in [5, 5.41) is 20.0.